The SMILES string of the molecule is CCNC(=O)[C@@H](CC)N(Cc1ccc(OC)cc1)C(=O)CN(c1ccccc1OCC)S(=O)(=O)c1ccc(C)cc1. The zero-order valence-corrected chi connectivity index (χ0v) is 25.1. The highest BCUT2D eigenvalue weighted by atomic mass is 32.2. The van der Waals surface area contributed by atoms with Crippen molar-refractivity contribution in [1.29, 1.82) is 0 Å². The number of hydrogen-bond donors (Lipinski definition) is 1. The van der Waals surface area contributed by atoms with Gasteiger partial charge in [-0.05, 0) is 69.2 Å². The van der Waals surface area contributed by atoms with Gasteiger partial charge < -0.3 is 19.7 Å². The lowest BCUT2D eigenvalue weighted by atomic mass is 10.1. The Bertz CT molecular complexity index is 1410. The van der Waals surface area contributed by atoms with Gasteiger partial charge in [0.05, 0.1) is 24.3 Å². The number of ether oxygens (including phenoxy) is 2. The van der Waals surface area contributed by atoms with Gasteiger partial charge in [-0.3, -0.25) is 13.9 Å². The van der Waals surface area contributed by atoms with E-state index >= 15 is 0 Å². The van der Waals surface area contributed by atoms with Crippen molar-refractivity contribution in [2.24, 2.45) is 0 Å². The zero-order chi connectivity index (χ0) is 30.0. The van der Waals surface area contributed by atoms with Crippen LogP contribution in [0.15, 0.2) is 77.7 Å². The summed E-state index contributed by atoms with van der Waals surface area (Å²) < 4.78 is 40.2. The number of amides is 2. The minimum atomic E-state index is -4.20. The highest BCUT2D eigenvalue weighted by Crippen LogP contribution is 2.33. The molecule has 1 N–H and O–H groups in total. The van der Waals surface area contributed by atoms with Crippen LogP contribution in [0.3, 0.4) is 0 Å². The van der Waals surface area contributed by atoms with E-state index in [-0.39, 0.29) is 23.0 Å². The van der Waals surface area contributed by atoms with Gasteiger partial charge in [0.1, 0.15) is 24.1 Å². The standard InChI is InChI=1S/C31H39N3O6S/c1-6-27(31(36)32-7-2)33(21-24-15-17-25(39-5)18-16-24)30(35)22-34(28-11-9-10-12-29(28)40-8-3)41(37,38)26-19-13-23(4)14-20-26/h9-20,27H,6-8,21-22H2,1-5H3,(H,32,36)/t27-/m1/s1. The largest absolute Gasteiger partial charge is 0.497 e. The van der Waals surface area contributed by atoms with Gasteiger partial charge in [-0.1, -0.05) is 48.9 Å². The molecule has 0 unspecified atom stereocenters. The molecule has 0 saturated carbocycles. The van der Waals surface area contributed by atoms with Crippen LogP contribution in [0.5, 0.6) is 11.5 Å². The third-order valence-electron chi connectivity index (χ3n) is 6.57. The second-order valence-corrected chi connectivity index (χ2v) is 11.3. The summed E-state index contributed by atoms with van der Waals surface area (Å²) in [6, 6.07) is 19.5. The number of para-hydroxylation sites is 2. The van der Waals surface area contributed by atoms with Crippen molar-refractivity contribution in [3.8, 4) is 11.5 Å². The Morgan fingerprint density at radius 2 is 1.59 bits per heavy atom. The molecule has 3 aromatic carbocycles. The third kappa shape index (κ3) is 7.79. The number of benzene rings is 3. The van der Waals surface area contributed by atoms with Crippen molar-refractivity contribution in [2.45, 2.75) is 51.6 Å². The number of aryl methyl sites for hydroxylation is 1. The van der Waals surface area contributed by atoms with Crippen molar-refractivity contribution >= 4 is 27.5 Å². The van der Waals surface area contributed by atoms with Gasteiger partial charge in [0, 0.05) is 13.1 Å². The number of nitrogens with zero attached hydrogens (tertiary/aromatic N) is 2. The second-order valence-electron chi connectivity index (χ2n) is 9.41. The molecule has 0 fully saturated rings. The molecular weight excluding hydrogens is 542 g/mol. The summed E-state index contributed by atoms with van der Waals surface area (Å²) in [5.41, 5.74) is 1.91. The van der Waals surface area contributed by atoms with E-state index in [1.807, 2.05) is 26.0 Å². The normalized spacial score (nSPS) is 11.8. The molecule has 0 spiro atoms. The highest BCUT2D eigenvalue weighted by molar-refractivity contribution is 7.92. The van der Waals surface area contributed by atoms with E-state index in [0.717, 1.165) is 15.4 Å². The summed E-state index contributed by atoms with van der Waals surface area (Å²) in [6.07, 6.45) is 0.341. The number of methoxy groups -OCH3 is 1. The molecule has 9 nitrogen and oxygen atoms in total. The molecule has 0 radical (unpaired) electrons. The Kier molecular flexibility index (Phi) is 11.2. The van der Waals surface area contributed by atoms with E-state index < -0.39 is 28.5 Å². The number of rotatable bonds is 14. The van der Waals surface area contributed by atoms with Crippen LogP contribution in [0.1, 0.15) is 38.3 Å². The molecule has 10 heteroatoms. The predicted molar refractivity (Wildman–Crippen MR) is 160 cm³/mol. The van der Waals surface area contributed by atoms with Crippen LogP contribution in [0.25, 0.3) is 0 Å². The predicted octanol–water partition coefficient (Wildman–Crippen LogP) is 4.54. The first-order valence-corrected chi connectivity index (χ1v) is 15.1. The number of likely N-dealkylation sites (N-methyl/N-ethyl adjacent to an activating group) is 1. The van der Waals surface area contributed by atoms with Gasteiger partial charge in [-0.15, -0.1) is 0 Å². The van der Waals surface area contributed by atoms with E-state index in [0.29, 0.717) is 31.1 Å². The molecular formula is C31H39N3O6S. The Labute approximate surface area is 243 Å². The quantitative estimate of drug-likeness (QED) is 0.300. The first-order chi connectivity index (χ1) is 19.7. The number of hydrogen-bond acceptors (Lipinski definition) is 6. The number of carbonyl (C=O) groups excluding carboxylic acids is 2. The van der Waals surface area contributed by atoms with Crippen LogP contribution >= 0.6 is 0 Å². The molecule has 0 aromatic heterocycles. The van der Waals surface area contributed by atoms with Crippen LogP contribution < -0.4 is 19.1 Å². The summed E-state index contributed by atoms with van der Waals surface area (Å²) in [5.74, 6) is 0.154. The molecule has 0 aliphatic heterocycles. The fraction of sp³-hybridized carbons (Fsp3) is 0.355. The lowest BCUT2D eigenvalue weighted by Gasteiger charge is -2.33. The van der Waals surface area contributed by atoms with Gasteiger partial charge >= 0.3 is 0 Å². The van der Waals surface area contributed by atoms with Gasteiger partial charge in [0.15, 0.2) is 0 Å². The zero-order valence-electron chi connectivity index (χ0n) is 24.3. The maximum atomic E-state index is 14.1. The molecule has 3 rings (SSSR count). The fourth-order valence-electron chi connectivity index (χ4n) is 4.43. The number of nitrogens with one attached hydrogen (secondary N) is 1. The molecule has 220 valence electrons. The number of carbonyl (C=O) groups is 2. The molecule has 0 saturated heterocycles. The van der Waals surface area contributed by atoms with Crippen molar-refractivity contribution in [3.63, 3.8) is 0 Å². The maximum absolute atomic E-state index is 14.1. The summed E-state index contributed by atoms with van der Waals surface area (Å²) in [4.78, 5) is 28.7. The lowest BCUT2D eigenvalue weighted by molar-refractivity contribution is -0.140. The lowest BCUT2D eigenvalue weighted by Crippen LogP contribution is -2.52. The minimum absolute atomic E-state index is 0.0414. The van der Waals surface area contributed by atoms with E-state index in [4.69, 9.17) is 9.47 Å². The van der Waals surface area contributed by atoms with E-state index in [1.54, 1.807) is 69.5 Å². The van der Waals surface area contributed by atoms with Crippen molar-refractivity contribution in [2.75, 3.05) is 31.1 Å². The molecule has 0 bridgehead atoms. The Hall–Kier alpha value is -4.05. The molecule has 41 heavy (non-hydrogen) atoms. The Morgan fingerprint density at radius 1 is 0.927 bits per heavy atom. The monoisotopic (exact) mass is 581 g/mol. The first kappa shape index (κ1) is 31.5. The van der Waals surface area contributed by atoms with Crippen LogP contribution in [-0.4, -0.2) is 58.0 Å². The third-order valence-corrected chi connectivity index (χ3v) is 8.34. The van der Waals surface area contributed by atoms with Crippen molar-refractivity contribution in [3.05, 3.63) is 83.9 Å². The average Bonchev–Trinajstić information content (AvgIpc) is 2.97. The van der Waals surface area contributed by atoms with Crippen LogP contribution in [-0.2, 0) is 26.2 Å². The summed E-state index contributed by atoms with van der Waals surface area (Å²) in [7, 11) is -2.63. The van der Waals surface area contributed by atoms with Crippen LogP contribution in [0.2, 0.25) is 0 Å². The van der Waals surface area contributed by atoms with Crippen LogP contribution in [0, 0.1) is 6.92 Å². The summed E-state index contributed by atoms with van der Waals surface area (Å²) in [5, 5.41) is 2.80. The van der Waals surface area contributed by atoms with Gasteiger partial charge in [-0.2, -0.15) is 0 Å². The van der Waals surface area contributed by atoms with Gasteiger partial charge in [0.25, 0.3) is 10.0 Å². The minimum Gasteiger partial charge on any atom is -0.497 e. The number of sulfonamides is 1. The molecule has 3 aromatic rings. The van der Waals surface area contributed by atoms with E-state index in [2.05, 4.69) is 5.32 Å². The molecule has 1 atom stereocenters. The summed E-state index contributed by atoms with van der Waals surface area (Å²) in [6.45, 7) is 7.56. The average molecular weight is 582 g/mol. The Morgan fingerprint density at radius 3 is 2.17 bits per heavy atom. The van der Waals surface area contributed by atoms with Gasteiger partial charge in [-0.25, -0.2) is 8.42 Å². The van der Waals surface area contributed by atoms with Crippen LogP contribution in [0.4, 0.5) is 5.69 Å². The molecule has 0 heterocycles. The smallest absolute Gasteiger partial charge is 0.264 e. The maximum Gasteiger partial charge on any atom is 0.264 e. The molecule has 2 amide bonds. The van der Waals surface area contributed by atoms with Crippen molar-refractivity contribution in [1.82, 2.24) is 10.2 Å². The van der Waals surface area contributed by atoms with E-state index in [1.165, 1.54) is 17.0 Å². The fourth-order valence-corrected chi connectivity index (χ4v) is 5.86. The second kappa shape index (κ2) is 14.5. The Balaban J connectivity index is 2.10. The molecule has 0 aliphatic rings. The highest BCUT2D eigenvalue weighted by Gasteiger charge is 2.34. The first-order valence-electron chi connectivity index (χ1n) is 13.7. The van der Waals surface area contributed by atoms with Gasteiger partial charge in [0.2, 0.25) is 11.8 Å². The van der Waals surface area contributed by atoms with E-state index in [9.17, 15) is 18.0 Å². The molecule has 0 aliphatic carbocycles. The number of anilines is 1. The summed E-state index contributed by atoms with van der Waals surface area (Å²) >= 11 is 0. The van der Waals surface area contributed by atoms with Crippen molar-refractivity contribution < 1.29 is 27.5 Å². The topological polar surface area (TPSA) is 105 Å².